The Bertz CT molecular complexity index is 1710. The first-order valence-corrected chi connectivity index (χ1v) is 15.9. The van der Waals surface area contributed by atoms with Gasteiger partial charge in [-0.1, -0.05) is 81.8 Å². The number of nitrogens with zero attached hydrogens (tertiary/aromatic N) is 3. The predicted octanol–water partition coefficient (Wildman–Crippen LogP) is 7.72. The van der Waals surface area contributed by atoms with Crippen molar-refractivity contribution in [2.75, 3.05) is 31.2 Å². The molecule has 0 radical (unpaired) electrons. The summed E-state index contributed by atoms with van der Waals surface area (Å²) in [6.45, 7) is 10.2. The van der Waals surface area contributed by atoms with Gasteiger partial charge in [-0.2, -0.15) is 5.26 Å². The number of anilines is 2. The van der Waals surface area contributed by atoms with Crippen LogP contribution in [0.4, 0.5) is 11.5 Å². The van der Waals surface area contributed by atoms with E-state index in [0.717, 1.165) is 42.6 Å². The zero-order valence-electron chi connectivity index (χ0n) is 27.1. The summed E-state index contributed by atoms with van der Waals surface area (Å²) in [5, 5.41) is 13.2. The third-order valence-electron chi connectivity index (χ3n) is 8.20. The minimum atomic E-state index is -0.444. The fourth-order valence-corrected chi connectivity index (χ4v) is 5.48. The van der Waals surface area contributed by atoms with E-state index in [2.05, 4.69) is 36.7 Å². The number of aromatic nitrogens is 1. The number of likely N-dealkylation sites (tertiary alicyclic amines) is 1. The van der Waals surface area contributed by atoms with Crippen LogP contribution in [0.5, 0.6) is 5.75 Å². The Labute approximate surface area is 272 Å². The van der Waals surface area contributed by atoms with Crippen LogP contribution in [0, 0.1) is 11.3 Å². The molecule has 1 fully saturated rings. The van der Waals surface area contributed by atoms with E-state index in [1.54, 1.807) is 30.3 Å². The van der Waals surface area contributed by atoms with E-state index in [4.69, 9.17) is 21.2 Å². The van der Waals surface area contributed by atoms with Crippen LogP contribution in [0.2, 0.25) is 0 Å². The minimum absolute atomic E-state index is 0.132. The van der Waals surface area contributed by atoms with Crippen molar-refractivity contribution in [1.29, 1.82) is 5.26 Å². The molecule has 4 aromatic rings. The number of nitrogen functional groups attached to an aromatic ring is 1. The smallest absolute Gasteiger partial charge is 0.260 e. The number of hydrogen-bond acceptors (Lipinski definition) is 7. The molecule has 1 atom stereocenters. The average molecular weight is 617 g/mol. The average Bonchev–Trinajstić information content (AvgIpc) is 3.11. The SMILES string of the molecule is C=C(c1cccc(-c2cc(-c3ccccc3N)nc(NC(=O)c3ccccc3OC)c2C#N)c1)N1CCCCC1CN.CCCC. The number of hydrogen-bond donors (Lipinski definition) is 3. The van der Waals surface area contributed by atoms with E-state index in [0.29, 0.717) is 40.4 Å². The second-order valence-electron chi connectivity index (χ2n) is 11.2. The molecule has 8 nitrogen and oxygen atoms in total. The molecule has 8 heteroatoms. The molecule has 1 aromatic heterocycles. The summed E-state index contributed by atoms with van der Waals surface area (Å²) in [6.07, 6.45) is 5.92. The van der Waals surface area contributed by atoms with Crippen LogP contribution in [0.15, 0.2) is 85.4 Å². The number of unbranched alkanes of at least 4 members (excludes halogenated alkanes) is 1. The molecule has 0 spiro atoms. The number of nitrogens with one attached hydrogen (secondary N) is 1. The fourth-order valence-electron chi connectivity index (χ4n) is 5.48. The maximum atomic E-state index is 13.4. The normalized spacial score (nSPS) is 14.0. The van der Waals surface area contributed by atoms with Gasteiger partial charge in [-0.15, -0.1) is 0 Å². The van der Waals surface area contributed by atoms with Crippen LogP contribution in [0.1, 0.15) is 67.4 Å². The summed E-state index contributed by atoms with van der Waals surface area (Å²) in [6, 6.07) is 26.5. The van der Waals surface area contributed by atoms with Crippen molar-refractivity contribution >= 4 is 23.1 Å². The number of benzene rings is 3. The Balaban J connectivity index is 0.00000113. The highest BCUT2D eigenvalue weighted by atomic mass is 16.5. The Kier molecular flexibility index (Phi) is 11.9. The fraction of sp³-hybridized carbons (Fsp3) is 0.289. The van der Waals surface area contributed by atoms with Gasteiger partial charge in [0.25, 0.3) is 5.91 Å². The lowest BCUT2D eigenvalue weighted by atomic mass is 9.95. The molecular weight excluding hydrogens is 572 g/mol. The molecule has 1 saturated heterocycles. The lowest BCUT2D eigenvalue weighted by Crippen LogP contribution is -2.42. The minimum Gasteiger partial charge on any atom is -0.496 e. The van der Waals surface area contributed by atoms with E-state index in [-0.39, 0.29) is 17.4 Å². The van der Waals surface area contributed by atoms with Gasteiger partial charge < -0.3 is 26.4 Å². The molecule has 0 saturated carbocycles. The number of amides is 1. The van der Waals surface area contributed by atoms with Crippen molar-refractivity contribution in [3.05, 3.63) is 102 Å². The lowest BCUT2D eigenvalue weighted by molar-refractivity contribution is 0.102. The van der Waals surface area contributed by atoms with Gasteiger partial charge in [-0.25, -0.2) is 4.98 Å². The van der Waals surface area contributed by atoms with Crippen LogP contribution in [0.25, 0.3) is 28.1 Å². The number of methoxy groups -OCH3 is 1. The number of piperidine rings is 1. The van der Waals surface area contributed by atoms with Gasteiger partial charge in [-0.3, -0.25) is 4.79 Å². The second-order valence-corrected chi connectivity index (χ2v) is 11.2. The molecule has 5 N–H and O–H groups in total. The Morgan fingerprint density at radius 3 is 2.48 bits per heavy atom. The first-order valence-electron chi connectivity index (χ1n) is 15.9. The second kappa shape index (κ2) is 16.3. The standard InChI is InChI=1S/C34H34N6O2.C4H10/c1-22(40-17-8-7-12-25(40)20-35)23-10-9-11-24(18-23)28-19-31(26-13-3-5-15-30(26)37)38-33(29(28)21-36)39-34(41)27-14-4-6-16-32(27)42-2;1-3-4-2/h3-6,9-11,13-16,18-19,25H,1,7-8,12,17,20,35,37H2,2H3,(H,38,39,41);3-4H2,1-2H3. The molecular formula is C38H44N6O2. The Morgan fingerprint density at radius 2 is 1.78 bits per heavy atom. The highest BCUT2D eigenvalue weighted by Gasteiger charge is 2.24. The van der Waals surface area contributed by atoms with Gasteiger partial charge in [0.05, 0.1) is 18.4 Å². The first kappa shape index (κ1) is 33.8. The number of ether oxygens (including phenoxy) is 1. The van der Waals surface area contributed by atoms with Crippen LogP contribution < -0.4 is 21.5 Å². The van der Waals surface area contributed by atoms with Crippen molar-refractivity contribution in [2.24, 2.45) is 5.73 Å². The van der Waals surface area contributed by atoms with Crippen LogP contribution >= 0.6 is 0 Å². The summed E-state index contributed by atoms with van der Waals surface area (Å²) in [7, 11) is 1.50. The van der Waals surface area contributed by atoms with Gasteiger partial charge >= 0.3 is 0 Å². The number of nitrogens with two attached hydrogens (primary N) is 2. The molecule has 3 aromatic carbocycles. The lowest BCUT2D eigenvalue weighted by Gasteiger charge is -2.38. The third-order valence-corrected chi connectivity index (χ3v) is 8.20. The van der Waals surface area contributed by atoms with Gasteiger partial charge in [0.15, 0.2) is 5.82 Å². The van der Waals surface area contributed by atoms with E-state index in [9.17, 15) is 10.1 Å². The Morgan fingerprint density at radius 1 is 1.04 bits per heavy atom. The zero-order valence-corrected chi connectivity index (χ0v) is 27.1. The third kappa shape index (κ3) is 7.74. The molecule has 0 aliphatic carbocycles. The number of nitriles is 1. The van der Waals surface area contributed by atoms with Gasteiger partial charge in [0.2, 0.25) is 0 Å². The topological polar surface area (TPSA) is 130 Å². The summed E-state index contributed by atoms with van der Waals surface area (Å²) in [5.74, 6) is 0.102. The largest absolute Gasteiger partial charge is 0.496 e. The number of carbonyl (C=O) groups is 1. The zero-order chi connectivity index (χ0) is 33.1. The van der Waals surface area contributed by atoms with Crippen molar-refractivity contribution in [3.63, 3.8) is 0 Å². The molecule has 1 aliphatic rings. The first-order chi connectivity index (χ1) is 22.4. The summed E-state index contributed by atoms with van der Waals surface area (Å²) in [5.41, 5.74) is 18.0. The monoisotopic (exact) mass is 616 g/mol. The quantitative estimate of drug-likeness (QED) is 0.164. The van der Waals surface area contributed by atoms with E-state index in [1.165, 1.54) is 20.0 Å². The Hall–Kier alpha value is -5.13. The van der Waals surface area contributed by atoms with Crippen LogP contribution in [-0.4, -0.2) is 42.0 Å². The molecule has 46 heavy (non-hydrogen) atoms. The number of para-hydroxylation sites is 2. The van der Waals surface area contributed by atoms with Gasteiger partial charge in [0.1, 0.15) is 17.4 Å². The van der Waals surface area contributed by atoms with Crippen molar-refractivity contribution in [2.45, 2.75) is 52.0 Å². The van der Waals surface area contributed by atoms with Crippen LogP contribution in [-0.2, 0) is 0 Å². The van der Waals surface area contributed by atoms with Gasteiger partial charge in [-0.05, 0) is 60.7 Å². The van der Waals surface area contributed by atoms with Crippen LogP contribution in [0.3, 0.4) is 0 Å². The van der Waals surface area contributed by atoms with Crippen molar-refractivity contribution < 1.29 is 9.53 Å². The number of rotatable bonds is 9. The summed E-state index contributed by atoms with van der Waals surface area (Å²) < 4.78 is 5.38. The summed E-state index contributed by atoms with van der Waals surface area (Å²) >= 11 is 0. The molecule has 238 valence electrons. The maximum absolute atomic E-state index is 13.4. The maximum Gasteiger partial charge on any atom is 0.260 e. The highest BCUT2D eigenvalue weighted by molar-refractivity contribution is 6.07. The number of carbonyl (C=O) groups excluding carboxylic acids is 1. The van der Waals surface area contributed by atoms with Gasteiger partial charge in [0, 0.05) is 41.6 Å². The predicted molar refractivity (Wildman–Crippen MR) is 188 cm³/mol. The molecule has 1 amide bonds. The van der Waals surface area contributed by atoms with Crippen molar-refractivity contribution in [1.82, 2.24) is 9.88 Å². The molecule has 1 unspecified atom stereocenters. The summed E-state index contributed by atoms with van der Waals surface area (Å²) in [4.78, 5) is 20.4. The molecule has 5 rings (SSSR count). The highest BCUT2D eigenvalue weighted by Crippen LogP contribution is 2.36. The van der Waals surface area contributed by atoms with E-state index in [1.807, 2.05) is 48.5 Å². The number of pyridine rings is 1. The molecule has 1 aliphatic heterocycles. The van der Waals surface area contributed by atoms with Crippen molar-refractivity contribution in [3.8, 4) is 34.2 Å². The molecule has 2 heterocycles. The van der Waals surface area contributed by atoms with E-state index >= 15 is 0 Å². The molecule has 0 bridgehead atoms. The van der Waals surface area contributed by atoms with E-state index < -0.39 is 5.91 Å².